The van der Waals surface area contributed by atoms with Gasteiger partial charge in [-0.05, 0) is 56.0 Å². The molecule has 6 heteroatoms. The lowest BCUT2D eigenvalue weighted by Gasteiger charge is -2.18. The second-order valence-electron chi connectivity index (χ2n) is 8.06. The molecule has 0 amide bonds. The molecular formula is C22H23ClN4O. The van der Waals surface area contributed by atoms with Crippen molar-refractivity contribution >= 4 is 40.2 Å². The minimum Gasteiger partial charge on any atom is -0.380 e. The second kappa shape index (κ2) is 6.52. The van der Waals surface area contributed by atoms with Gasteiger partial charge in [0.05, 0.1) is 28.6 Å². The van der Waals surface area contributed by atoms with E-state index in [1.807, 2.05) is 23.9 Å². The minimum absolute atomic E-state index is 0.174. The molecule has 1 saturated carbocycles. The summed E-state index contributed by atoms with van der Waals surface area (Å²) in [7, 11) is 2.01. The number of fused-ring (bicyclic) bond motifs is 2. The van der Waals surface area contributed by atoms with Gasteiger partial charge in [-0.2, -0.15) is 5.10 Å². The van der Waals surface area contributed by atoms with Gasteiger partial charge in [0.25, 0.3) is 0 Å². The maximum Gasteiger partial charge on any atom is 0.142 e. The average Bonchev–Trinajstić information content (AvgIpc) is 3.48. The standard InChI is InChI=1S/C22H23ClN4O/c1-12-7-16(11-28)25-19-10-15(23)9-17(22(19)24-12)14-5-6-20-18(8-14)21(13-3-4-13)26-27(20)2/h5-6,8-13,16,24-25H,3-4,7H2,1-2H3/t12-,16?/m1/s1. The fourth-order valence-electron chi connectivity index (χ4n) is 4.26. The van der Waals surface area contributed by atoms with E-state index < -0.39 is 0 Å². The van der Waals surface area contributed by atoms with Crippen LogP contribution < -0.4 is 10.6 Å². The number of aromatic nitrogens is 2. The number of nitrogens with one attached hydrogen (secondary N) is 2. The number of anilines is 2. The number of aldehydes is 1. The second-order valence-corrected chi connectivity index (χ2v) is 8.50. The topological polar surface area (TPSA) is 59.0 Å². The summed E-state index contributed by atoms with van der Waals surface area (Å²) in [6.07, 6.45) is 4.14. The van der Waals surface area contributed by atoms with Crippen LogP contribution in [0.25, 0.3) is 22.0 Å². The summed E-state index contributed by atoms with van der Waals surface area (Å²) < 4.78 is 1.97. The van der Waals surface area contributed by atoms with Crippen LogP contribution >= 0.6 is 11.6 Å². The zero-order chi connectivity index (χ0) is 19.4. The number of halogens is 1. The first kappa shape index (κ1) is 17.6. The highest BCUT2D eigenvalue weighted by atomic mass is 35.5. The van der Waals surface area contributed by atoms with Gasteiger partial charge < -0.3 is 15.4 Å². The maximum absolute atomic E-state index is 11.4. The third kappa shape index (κ3) is 2.94. The normalized spacial score (nSPS) is 21.5. The molecular weight excluding hydrogens is 372 g/mol. The highest BCUT2D eigenvalue weighted by molar-refractivity contribution is 6.31. The van der Waals surface area contributed by atoms with E-state index >= 15 is 0 Å². The molecule has 2 heterocycles. The zero-order valence-corrected chi connectivity index (χ0v) is 16.8. The Morgan fingerprint density at radius 1 is 1.21 bits per heavy atom. The number of carbonyl (C=O) groups is 1. The van der Waals surface area contributed by atoms with Crippen LogP contribution in [0.15, 0.2) is 30.3 Å². The van der Waals surface area contributed by atoms with Crippen molar-refractivity contribution in [2.24, 2.45) is 7.05 Å². The largest absolute Gasteiger partial charge is 0.380 e. The smallest absolute Gasteiger partial charge is 0.142 e. The summed E-state index contributed by atoms with van der Waals surface area (Å²) in [5.41, 5.74) is 6.37. The fourth-order valence-corrected chi connectivity index (χ4v) is 4.48. The van der Waals surface area contributed by atoms with Crippen LogP contribution in [0, 0.1) is 0 Å². The third-order valence-corrected chi connectivity index (χ3v) is 5.98. The van der Waals surface area contributed by atoms with E-state index in [4.69, 9.17) is 16.7 Å². The average molecular weight is 395 g/mol. The number of hydrogen-bond acceptors (Lipinski definition) is 4. The first-order valence-corrected chi connectivity index (χ1v) is 10.2. The summed E-state index contributed by atoms with van der Waals surface area (Å²) in [6, 6.07) is 10.3. The van der Waals surface area contributed by atoms with Gasteiger partial charge in [0.15, 0.2) is 0 Å². The van der Waals surface area contributed by atoms with Gasteiger partial charge in [0.2, 0.25) is 0 Å². The van der Waals surface area contributed by atoms with Crippen LogP contribution in [-0.4, -0.2) is 28.2 Å². The molecule has 2 N–H and O–H groups in total. The maximum atomic E-state index is 11.4. The van der Waals surface area contributed by atoms with Crippen molar-refractivity contribution in [2.75, 3.05) is 10.6 Å². The van der Waals surface area contributed by atoms with E-state index in [9.17, 15) is 4.79 Å². The highest BCUT2D eigenvalue weighted by Crippen LogP contribution is 2.45. The Balaban J connectivity index is 1.68. The number of benzene rings is 2. The Hall–Kier alpha value is -2.53. The minimum atomic E-state index is -0.225. The SMILES string of the molecule is C[C@@H]1CC(C=O)Nc2cc(Cl)cc(-c3ccc4c(c3)c(C3CC3)nn4C)c2N1. The van der Waals surface area contributed by atoms with Crippen molar-refractivity contribution in [1.82, 2.24) is 9.78 Å². The molecule has 2 atom stereocenters. The molecule has 1 aliphatic carbocycles. The van der Waals surface area contributed by atoms with Crippen LogP contribution in [0.2, 0.25) is 5.02 Å². The van der Waals surface area contributed by atoms with Gasteiger partial charge in [-0.25, -0.2) is 0 Å². The lowest BCUT2D eigenvalue weighted by atomic mass is 9.99. The molecule has 0 bridgehead atoms. The van der Waals surface area contributed by atoms with Gasteiger partial charge in [0.1, 0.15) is 6.29 Å². The molecule has 5 nitrogen and oxygen atoms in total. The Morgan fingerprint density at radius 2 is 2.04 bits per heavy atom. The van der Waals surface area contributed by atoms with Crippen molar-refractivity contribution in [2.45, 2.75) is 44.2 Å². The van der Waals surface area contributed by atoms with E-state index in [1.54, 1.807) is 0 Å². The van der Waals surface area contributed by atoms with Crippen molar-refractivity contribution in [3.8, 4) is 11.1 Å². The predicted octanol–water partition coefficient (Wildman–Crippen LogP) is 4.95. The molecule has 1 unspecified atom stereocenters. The Bertz CT molecular complexity index is 1090. The number of aryl methyl sites for hydroxylation is 1. The quantitative estimate of drug-likeness (QED) is 0.617. The molecule has 1 fully saturated rings. The van der Waals surface area contributed by atoms with Crippen LogP contribution in [0.4, 0.5) is 11.4 Å². The van der Waals surface area contributed by atoms with E-state index in [1.165, 1.54) is 23.9 Å². The van der Waals surface area contributed by atoms with Crippen molar-refractivity contribution in [1.29, 1.82) is 0 Å². The Labute approximate surface area is 169 Å². The molecule has 1 aromatic heterocycles. The molecule has 28 heavy (non-hydrogen) atoms. The molecule has 0 radical (unpaired) electrons. The van der Waals surface area contributed by atoms with Crippen molar-refractivity contribution in [3.63, 3.8) is 0 Å². The number of hydrogen-bond donors (Lipinski definition) is 2. The highest BCUT2D eigenvalue weighted by Gasteiger charge is 2.29. The lowest BCUT2D eigenvalue weighted by molar-refractivity contribution is -0.108. The van der Waals surface area contributed by atoms with Gasteiger partial charge in [-0.15, -0.1) is 0 Å². The molecule has 2 aromatic carbocycles. The van der Waals surface area contributed by atoms with E-state index in [-0.39, 0.29) is 12.1 Å². The van der Waals surface area contributed by atoms with Crippen LogP contribution in [0.3, 0.4) is 0 Å². The first-order chi connectivity index (χ1) is 13.5. The van der Waals surface area contributed by atoms with Crippen molar-refractivity contribution in [3.05, 3.63) is 41.0 Å². The predicted molar refractivity (Wildman–Crippen MR) is 114 cm³/mol. The van der Waals surface area contributed by atoms with Gasteiger partial charge in [0, 0.05) is 35.0 Å². The molecule has 0 spiro atoms. The molecule has 2 aliphatic rings. The molecule has 5 rings (SSSR count). The monoisotopic (exact) mass is 394 g/mol. The van der Waals surface area contributed by atoms with Crippen LogP contribution in [0.5, 0.6) is 0 Å². The molecule has 1 aliphatic heterocycles. The number of nitrogens with zero attached hydrogens (tertiary/aromatic N) is 2. The number of rotatable bonds is 3. The van der Waals surface area contributed by atoms with E-state index in [0.29, 0.717) is 10.9 Å². The van der Waals surface area contributed by atoms with Crippen molar-refractivity contribution < 1.29 is 4.79 Å². The third-order valence-electron chi connectivity index (χ3n) is 5.76. The Kier molecular flexibility index (Phi) is 4.09. The zero-order valence-electron chi connectivity index (χ0n) is 16.0. The van der Waals surface area contributed by atoms with E-state index in [2.05, 4.69) is 35.8 Å². The summed E-state index contributed by atoms with van der Waals surface area (Å²) >= 11 is 6.45. The molecule has 0 saturated heterocycles. The van der Waals surface area contributed by atoms with Gasteiger partial charge in [-0.1, -0.05) is 17.7 Å². The Morgan fingerprint density at radius 3 is 2.79 bits per heavy atom. The first-order valence-electron chi connectivity index (χ1n) is 9.82. The van der Waals surface area contributed by atoms with Crippen LogP contribution in [-0.2, 0) is 11.8 Å². The van der Waals surface area contributed by atoms with Crippen LogP contribution in [0.1, 0.15) is 37.8 Å². The van der Waals surface area contributed by atoms with Gasteiger partial charge in [-0.3, -0.25) is 4.68 Å². The van der Waals surface area contributed by atoms with E-state index in [0.717, 1.165) is 40.7 Å². The summed E-state index contributed by atoms with van der Waals surface area (Å²) in [4.78, 5) is 11.4. The molecule has 3 aromatic rings. The molecule has 144 valence electrons. The van der Waals surface area contributed by atoms with Gasteiger partial charge >= 0.3 is 0 Å². The fraction of sp³-hybridized carbons (Fsp3) is 0.364. The lowest BCUT2D eigenvalue weighted by Crippen LogP contribution is -2.25. The summed E-state index contributed by atoms with van der Waals surface area (Å²) in [5.74, 6) is 0.587. The summed E-state index contributed by atoms with van der Waals surface area (Å²) in [5, 5.41) is 13.6. The summed E-state index contributed by atoms with van der Waals surface area (Å²) in [6.45, 7) is 2.10. The number of carbonyl (C=O) groups excluding carboxylic acids is 1.